The minimum absolute atomic E-state index is 0.0105. The maximum atomic E-state index is 12.9. The molecule has 3 aromatic carbocycles. The normalized spacial score (nSPS) is 11.8. The smallest absolute Gasteiger partial charge is 0.256 e. The number of nitrogens with two attached hydrogens (primary N) is 1. The molecule has 0 atom stereocenters. The molecule has 0 heterocycles. The van der Waals surface area contributed by atoms with Crippen molar-refractivity contribution in [2.75, 3.05) is 5.32 Å². The fraction of sp³-hybridized carbons (Fsp3) is 0. The Morgan fingerprint density at radius 2 is 1.37 bits per heavy atom. The summed E-state index contributed by atoms with van der Waals surface area (Å²) in [5, 5.41) is 7.89. The molecule has 3 aromatic rings. The number of nitrogens with one attached hydrogen (secondary N) is 1. The second kappa shape index (κ2) is 7.99. The lowest BCUT2D eigenvalue weighted by molar-refractivity contribution is -0.111. The van der Waals surface area contributed by atoms with Crippen LogP contribution in [0.25, 0.3) is 11.6 Å². The molecule has 27 heavy (non-hydrogen) atoms. The fourth-order valence-corrected chi connectivity index (χ4v) is 3.06. The molecule has 0 aliphatic heterocycles. The summed E-state index contributed by atoms with van der Waals surface area (Å²) >= 11 is 0. The Kier molecular flexibility index (Phi) is 5.49. The van der Waals surface area contributed by atoms with E-state index in [0.29, 0.717) is 11.3 Å². The molecule has 136 valence electrons. The van der Waals surface area contributed by atoms with Gasteiger partial charge in [0, 0.05) is 11.3 Å². The van der Waals surface area contributed by atoms with Crippen molar-refractivity contribution in [1.29, 1.82) is 0 Å². The van der Waals surface area contributed by atoms with Crippen molar-refractivity contribution in [1.82, 2.24) is 0 Å². The number of rotatable bonds is 5. The van der Waals surface area contributed by atoms with Gasteiger partial charge in [0.2, 0.25) is 10.0 Å². The lowest BCUT2D eigenvalue weighted by atomic mass is 10.0. The van der Waals surface area contributed by atoms with Crippen LogP contribution in [0, 0.1) is 0 Å². The average Bonchev–Trinajstić information content (AvgIpc) is 2.67. The SMILES string of the molecule is NS(=O)(=O)c1ccc(NC(=O)/C(=C/c2ccccc2)c2ccccc2)cc1. The zero-order valence-electron chi connectivity index (χ0n) is 14.4. The summed E-state index contributed by atoms with van der Waals surface area (Å²) in [6.45, 7) is 0. The van der Waals surface area contributed by atoms with Gasteiger partial charge in [0.15, 0.2) is 0 Å². The zero-order valence-corrected chi connectivity index (χ0v) is 15.2. The first-order valence-corrected chi connectivity index (χ1v) is 9.74. The topological polar surface area (TPSA) is 89.3 Å². The third-order valence-corrected chi connectivity index (χ3v) is 4.81. The van der Waals surface area contributed by atoms with Crippen molar-refractivity contribution < 1.29 is 13.2 Å². The average molecular weight is 378 g/mol. The first-order valence-electron chi connectivity index (χ1n) is 8.20. The van der Waals surface area contributed by atoms with Crippen LogP contribution in [0.5, 0.6) is 0 Å². The Bertz CT molecular complexity index is 1060. The van der Waals surface area contributed by atoms with E-state index in [0.717, 1.165) is 11.1 Å². The van der Waals surface area contributed by atoms with Crippen LogP contribution in [-0.4, -0.2) is 14.3 Å². The van der Waals surface area contributed by atoms with E-state index in [1.807, 2.05) is 66.7 Å². The van der Waals surface area contributed by atoms with Crippen LogP contribution in [0.15, 0.2) is 89.8 Å². The molecule has 0 aliphatic rings. The third kappa shape index (κ3) is 4.91. The number of hydrogen-bond acceptors (Lipinski definition) is 3. The van der Waals surface area contributed by atoms with Crippen molar-refractivity contribution in [3.8, 4) is 0 Å². The maximum Gasteiger partial charge on any atom is 0.256 e. The van der Waals surface area contributed by atoms with Crippen LogP contribution >= 0.6 is 0 Å². The number of sulfonamides is 1. The first kappa shape index (κ1) is 18.6. The number of amides is 1. The van der Waals surface area contributed by atoms with Gasteiger partial charge in [-0.25, -0.2) is 13.6 Å². The minimum atomic E-state index is -3.77. The van der Waals surface area contributed by atoms with Crippen LogP contribution in [0.3, 0.4) is 0 Å². The van der Waals surface area contributed by atoms with E-state index in [4.69, 9.17) is 5.14 Å². The van der Waals surface area contributed by atoms with Gasteiger partial charge in [0.1, 0.15) is 0 Å². The van der Waals surface area contributed by atoms with Crippen LogP contribution in [-0.2, 0) is 14.8 Å². The Hall–Kier alpha value is -3.22. The molecule has 0 bridgehead atoms. The molecule has 5 nitrogen and oxygen atoms in total. The van der Waals surface area contributed by atoms with Crippen LogP contribution in [0.2, 0.25) is 0 Å². The van der Waals surface area contributed by atoms with E-state index in [-0.39, 0.29) is 10.8 Å². The van der Waals surface area contributed by atoms with Crippen LogP contribution < -0.4 is 10.5 Å². The van der Waals surface area contributed by atoms with Gasteiger partial charge in [-0.05, 0) is 41.5 Å². The van der Waals surface area contributed by atoms with Gasteiger partial charge in [-0.3, -0.25) is 4.79 Å². The Labute approximate surface area is 158 Å². The summed E-state index contributed by atoms with van der Waals surface area (Å²) in [7, 11) is -3.77. The van der Waals surface area contributed by atoms with Crippen LogP contribution in [0.1, 0.15) is 11.1 Å². The highest BCUT2D eigenvalue weighted by atomic mass is 32.2. The number of primary sulfonamides is 1. The number of carbonyl (C=O) groups is 1. The largest absolute Gasteiger partial charge is 0.322 e. The van der Waals surface area contributed by atoms with Gasteiger partial charge in [-0.15, -0.1) is 0 Å². The molecule has 1 amide bonds. The van der Waals surface area contributed by atoms with Gasteiger partial charge in [0.25, 0.3) is 5.91 Å². The van der Waals surface area contributed by atoms with E-state index in [1.165, 1.54) is 24.3 Å². The zero-order chi connectivity index (χ0) is 19.3. The predicted octanol–water partition coefficient (Wildman–Crippen LogP) is 3.51. The van der Waals surface area contributed by atoms with Crippen LogP contribution in [0.4, 0.5) is 5.69 Å². The lowest BCUT2D eigenvalue weighted by Gasteiger charge is -2.10. The van der Waals surface area contributed by atoms with Crippen molar-refractivity contribution in [3.05, 3.63) is 96.1 Å². The van der Waals surface area contributed by atoms with Crippen molar-refractivity contribution in [2.24, 2.45) is 5.14 Å². The molecule has 3 N–H and O–H groups in total. The molecule has 0 aromatic heterocycles. The van der Waals surface area contributed by atoms with E-state index in [2.05, 4.69) is 5.32 Å². The molecule has 6 heteroatoms. The minimum Gasteiger partial charge on any atom is -0.322 e. The Balaban J connectivity index is 1.91. The molecule has 3 rings (SSSR count). The van der Waals surface area contributed by atoms with Gasteiger partial charge in [-0.2, -0.15) is 0 Å². The molecule has 0 radical (unpaired) electrons. The summed E-state index contributed by atoms with van der Waals surface area (Å²) in [4.78, 5) is 12.9. The molecule has 0 saturated heterocycles. The fourth-order valence-electron chi connectivity index (χ4n) is 2.54. The summed E-state index contributed by atoms with van der Waals surface area (Å²) in [5.41, 5.74) is 2.65. The van der Waals surface area contributed by atoms with Gasteiger partial charge in [0.05, 0.1) is 4.90 Å². The summed E-state index contributed by atoms with van der Waals surface area (Å²) in [6.07, 6.45) is 1.81. The van der Waals surface area contributed by atoms with Crippen molar-refractivity contribution >= 4 is 33.3 Å². The number of anilines is 1. The molecular formula is C21H18N2O3S. The molecule has 0 unspecified atom stereocenters. The number of hydrogen-bond donors (Lipinski definition) is 2. The predicted molar refractivity (Wildman–Crippen MR) is 107 cm³/mol. The van der Waals surface area contributed by atoms with Gasteiger partial charge >= 0.3 is 0 Å². The number of carbonyl (C=O) groups excluding carboxylic acids is 1. The Morgan fingerprint density at radius 1 is 0.815 bits per heavy atom. The molecule has 0 aliphatic carbocycles. The molecular weight excluding hydrogens is 360 g/mol. The van der Waals surface area contributed by atoms with E-state index in [1.54, 1.807) is 0 Å². The monoisotopic (exact) mass is 378 g/mol. The first-order chi connectivity index (χ1) is 12.9. The Morgan fingerprint density at radius 3 is 1.93 bits per heavy atom. The summed E-state index contributed by atoms with van der Waals surface area (Å²) < 4.78 is 22.7. The summed E-state index contributed by atoms with van der Waals surface area (Å²) in [5.74, 6) is -0.298. The third-order valence-electron chi connectivity index (χ3n) is 3.88. The highest BCUT2D eigenvalue weighted by molar-refractivity contribution is 7.89. The van der Waals surface area contributed by atoms with E-state index in [9.17, 15) is 13.2 Å². The highest BCUT2D eigenvalue weighted by Gasteiger charge is 2.13. The van der Waals surface area contributed by atoms with Crippen molar-refractivity contribution in [2.45, 2.75) is 4.90 Å². The van der Waals surface area contributed by atoms with Gasteiger partial charge < -0.3 is 5.32 Å². The highest BCUT2D eigenvalue weighted by Crippen LogP contribution is 2.21. The number of benzene rings is 3. The standard InChI is InChI=1S/C21H18N2O3S/c22-27(25,26)19-13-11-18(12-14-19)23-21(24)20(17-9-5-2-6-10-17)15-16-7-3-1-4-8-16/h1-15H,(H,23,24)(H2,22,25,26)/b20-15+. The van der Waals surface area contributed by atoms with Gasteiger partial charge in [-0.1, -0.05) is 60.7 Å². The quantitative estimate of drug-likeness (QED) is 0.526. The lowest BCUT2D eigenvalue weighted by Crippen LogP contribution is -2.15. The maximum absolute atomic E-state index is 12.9. The molecule has 0 spiro atoms. The second-order valence-electron chi connectivity index (χ2n) is 5.86. The molecule has 0 saturated carbocycles. The van der Waals surface area contributed by atoms with Crippen molar-refractivity contribution in [3.63, 3.8) is 0 Å². The molecule has 0 fully saturated rings. The second-order valence-corrected chi connectivity index (χ2v) is 7.42. The van der Waals surface area contributed by atoms with E-state index >= 15 is 0 Å². The van der Waals surface area contributed by atoms with E-state index < -0.39 is 10.0 Å². The summed E-state index contributed by atoms with van der Waals surface area (Å²) in [6, 6.07) is 24.6.